The average Bonchev–Trinajstić information content (AvgIpc) is 2.37. The molecule has 1 unspecified atom stereocenters. The zero-order valence-electron chi connectivity index (χ0n) is 12.2. The summed E-state index contributed by atoms with van der Waals surface area (Å²) in [6, 6.07) is 6.26. The average molecular weight is 407 g/mol. The standard InChI is InChI=1S/C15H21Br2NO2/c1-15(2)10-18(9-12(7-16)20-15)8-11-4-5-14(19-3)13(17)6-11/h4-6,12H,7-10H2,1-3H3. The van der Waals surface area contributed by atoms with Crippen LogP contribution in [0, 0.1) is 0 Å². The number of hydrogen-bond donors (Lipinski definition) is 0. The first-order valence-electron chi connectivity index (χ1n) is 6.72. The van der Waals surface area contributed by atoms with Crippen LogP contribution in [0.5, 0.6) is 5.75 Å². The molecule has 1 saturated heterocycles. The highest BCUT2D eigenvalue weighted by Gasteiger charge is 2.32. The fourth-order valence-corrected chi connectivity index (χ4v) is 3.61. The van der Waals surface area contributed by atoms with Crippen molar-refractivity contribution in [3.63, 3.8) is 0 Å². The molecule has 0 saturated carbocycles. The Morgan fingerprint density at radius 2 is 2.20 bits per heavy atom. The summed E-state index contributed by atoms with van der Waals surface area (Å²) in [5.41, 5.74) is 1.18. The molecule has 0 aromatic heterocycles. The fraction of sp³-hybridized carbons (Fsp3) is 0.600. The van der Waals surface area contributed by atoms with Gasteiger partial charge in [-0.3, -0.25) is 4.90 Å². The van der Waals surface area contributed by atoms with Crippen LogP contribution in [0.2, 0.25) is 0 Å². The van der Waals surface area contributed by atoms with Crippen molar-refractivity contribution in [1.29, 1.82) is 0 Å². The van der Waals surface area contributed by atoms with E-state index in [-0.39, 0.29) is 11.7 Å². The van der Waals surface area contributed by atoms with Gasteiger partial charge in [0.2, 0.25) is 0 Å². The maximum atomic E-state index is 6.03. The highest BCUT2D eigenvalue weighted by molar-refractivity contribution is 9.10. The van der Waals surface area contributed by atoms with Gasteiger partial charge in [0.15, 0.2) is 0 Å². The van der Waals surface area contributed by atoms with Gasteiger partial charge in [-0.1, -0.05) is 22.0 Å². The number of morpholine rings is 1. The SMILES string of the molecule is COc1ccc(CN2CC(CBr)OC(C)(C)C2)cc1Br. The Labute approximate surface area is 137 Å². The van der Waals surface area contributed by atoms with E-state index in [2.05, 4.69) is 62.7 Å². The molecule has 3 nitrogen and oxygen atoms in total. The molecule has 0 aliphatic carbocycles. The Bertz CT molecular complexity index is 465. The second-order valence-electron chi connectivity index (χ2n) is 5.79. The van der Waals surface area contributed by atoms with Crippen LogP contribution in [0.1, 0.15) is 19.4 Å². The highest BCUT2D eigenvalue weighted by Crippen LogP contribution is 2.28. The lowest BCUT2D eigenvalue weighted by Crippen LogP contribution is -2.52. The van der Waals surface area contributed by atoms with E-state index in [0.717, 1.165) is 35.2 Å². The van der Waals surface area contributed by atoms with Gasteiger partial charge in [-0.05, 0) is 47.5 Å². The van der Waals surface area contributed by atoms with Crippen molar-refractivity contribution in [2.24, 2.45) is 0 Å². The Morgan fingerprint density at radius 3 is 2.80 bits per heavy atom. The van der Waals surface area contributed by atoms with Crippen LogP contribution in [-0.2, 0) is 11.3 Å². The minimum Gasteiger partial charge on any atom is -0.496 e. The topological polar surface area (TPSA) is 21.7 Å². The molecule has 1 aliphatic rings. The number of hydrogen-bond acceptors (Lipinski definition) is 3. The van der Waals surface area contributed by atoms with Crippen LogP contribution in [0.25, 0.3) is 0 Å². The van der Waals surface area contributed by atoms with Crippen LogP contribution in [0.3, 0.4) is 0 Å². The predicted octanol–water partition coefficient (Wildman–Crippen LogP) is 3.83. The normalized spacial score (nSPS) is 22.8. The molecule has 0 amide bonds. The summed E-state index contributed by atoms with van der Waals surface area (Å²) in [5.74, 6) is 0.870. The van der Waals surface area contributed by atoms with Crippen molar-refractivity contribution in [2.45, 2.75) is 32.1 Å². The van der Waals surface area contributed by atoms with E-state index >= 15 is 0 Å². The summed E-state index contributed by atoms with van der Waals surface area (Å²) in [4.78, 5) is 2.45. The van der Waals surface area contributed by atoms with Gasteiger partial charge in [0, 0.05) is 25.0 Å². The van der Waals surface area contributed by atoms with Crippen molar-refractivity contribution in [2.75, 3.05) is 25.5 Å². The van der Waals surface area contributed by atoms with Crippen molar-refractivity contribution in [3.8, 4) is 5.75 Å². The molecule has 112 valence electrons. The molecule has 2 rings (SSSR count). The molecule has 0 radical (unpaired) electrons. The third-order valence-electron chi connectivity index (χ3n) is 3.35. The van der Waals surface area contributed by atoms with E-state index < -0.39 is 0 Å². The lowest BCUT2D eigenvalue weighted by atomic mass is 10.0. The number of halogens is 2. The van der Waals surface area contributed by atoms with Gasteiger partial charge >= 0.3 is 0 Å². The van der Waals surface area contributed by atoms with Gasteiger partial charge in [-0.25, -0.2) is 0 Å². The number of nitrogens with zero attached hydrogens (tertiary/aromatic N) is 1. The molecule has 5 heteroatoms. The van der Waals surface area contributed by atoms with Crippen LogP contribution in [0.4, 0.5) is 0 Å². The molecule has 0 spiro atoms. The van der Waals surface area contributed by atoms with Crippen LogP contribution in [0.15, 0.2) is 22.7 Å². The van der Waals surface area contributed by atoms with Gasteiger partial charge in [0.1, 0.15) is 5.75 Å². The molecule has 20 heavy (non-hydrogen) atoms. The monoisotopic (exact) mass is 405 g/mol. The maximum Gasteiger partial charge on any atom is 0.133 e. The molecule has 0 N–H and O–H groups in total. The quantitative estimate of drug-likeness (QED) is 0.709. The molecule has 1 aliphatic heterocycles. The number of ether oxygens (including phenoxy) is 2. The smallest absolute Gasteiger partial charge is 0.133 e. The summed E-state index contributed by atoms with van der Waals surface area (Å²) in [7, 11) is 1.69. The third kappa shape index (κ3) is 4.20. The van der Waals surface area contributed by atoms with Crippen LogP contribution in [-0.4, -0.2) is 42.1 Å². The number of benzene rings is 1. The Balaban J connectivity index is 2.07. The molecule has 1 aromatic rings. The van der Waals surface area contributed by atoms with E-state index in [4.69, 9.17) is 9.47 Å². The molecular formula is C15H21Br2NO2. The van der Waals surface area contributed by atoms with Crippen molar-refractivity contribution >= 4 is 31.9 Å². The largest absolute Gasteiger partial charge is 0.496 e. The number of rotatable bonds is 4. The van der Waals surface area contributed by atoms with Crippen LogP contribution >= 0.6 is 31.9 Å². The van der Waals surface area contributed by atoms with Crippen molar-refractivity contribution in [3.05, 3.63) is 28.2 Å². The second kappa shape index (κ2) is 6.77. The Kier molecular flexibility index (Phi) is 5.51. The predicted molar refractivity (Wildman–Crippen MR) is 88.7 cm³/mol. The lowest BCUT2D eigenvalue weighted by molar-refractivity contribution is -0.128. The van der Waals surface area contributed by atoms with E-state index in [0.29, 0.717) is 0 Å². The highest BCUT2D eigenvalue weighted by atomic mass is 79.9. The zero-order valence-corrected chi connectivity index (χ0v) is 15.3. The first-order valence-corrected chi connectivity index (χ1v) is 8.63. The lowest BCUT2D eigenvalue weighted by Gasteiger charge is -2.42. The minimum atomic E-state index is -0.0968. The first-order chi connectivity index (χ1) is 9.43. The molecule has 1 aromatic carbocycles. The van der Waals surface area contributed by atoms with Crippen molar-refractivity contribution in [1.82, 2.24) is 4.90 Å². The summed E-state index contributed by atoms with van der Waals surface area (Å²) in [6.07, 6.45) is 0.250. The third-order valence-corrected chi connectivity index (χ3v) is 4.69. The fourth-order valence-electron chi connectivity index (χ4n) is 2.68. The summed E-state index contributed by atoms with van der Waals surface area (Å²) in [5, 5.41) is 0.874. The zero-order chi connectivity index (χ0) is 14.8. The Morgan fingerprint density at radius 1 is 1.45 bits per heavy atom. The van der Waals surface area contributed by atoms with Gasteiger partial charge in [0.25, 0.3) is 0 Å². The Hall–Kier alpha value is -0.100. The second-order valence-corrected chi connectivity index (χ2v) is 7.29. The molecule has 0 bridgehead atoms. The number of alkyl halides is 1. The van der Waals surface area contributed by atoms with Gasteiger partial charge in [0.05, 0.1) is 23.3 Å². The number of methoxy groups -OCH3 is 1. The summed E-state index contributed by atoms with van der Waals surface area (Å²) in [6.45, 7) is 7.13. The molecular weight excluding hydrogens is 386 g/mol. The van der Waals surface area contributed by atoms with E-state index in [9.17, 15) is 0 Å². The van der Waals surface area contributed by atoms with E-state index in [1.807, 2.05) is 6.07 Å². The van der Waals surface area contributed by atoms with Crippen LogP contribution < -0.4 is 4.74 Å². The maximum absolute atomic E-state index is 6.03. The molecule has 1 heterocycles. The first kappa shape index (κ1) is 16.3. The molecule has 1 atom stereocenters. The minimum absolute atomic E-state index is 0.0968. The van der Waals surface area contributed by atoms with Gasteiger partial charge < -0.3 is 9.47 Å². The van der Waals surface area contributed by atoms with Gasteiger partial charge in [-0.2, -0.15) is 0 Å². The van der Waals surface area contributed by atoms with Crippen molar-refractivity contribution < 1.29 is 9.47 Å². The van der Waals surface area contributed by atoms with Gasteiger partial charge in [-0.15, -0.1) is 0 Å². The van der Waals surface area contributed by atoms with E-state index in [1.165, 1.54) is 5.56 Å². The summed E-state index contributed by atoms with van der Waals surface area (Å²) >= 11 is 7.07. The van der Waals surface area contributed by atoms with E-state index in [1.54, 1.807) is 7.11 Å². The summed E-state index contributed by atoms with van der Waals surface area (Å²) < 4.78 is 12.3. The molecule has 1 fully saturated rings.